The largest absolute Gasteiger partial charge is 0.347 e. The predicted molar refractivity (Wildman–Crippen MR) is 87.2 cm³/mol. The summed E-state index contributed by atoms with van der Waals surface area (Å²) in [5, 5.41) is 13.0. The van der Waals surface area contributed by atoms with Crippen molar-refractivity contribution < 1.29 is 18.4 Å². The number of carbonyl (C=O) groups excluding carboxylic acids is 2. The molecule has 1 aromatic carbocycles. The number of hydrogen-bond donors (Lipinski definition) is 2. The molecule has 10 heteroatoms. The van der Waals surface area contributed by atoms with Gasteiger partial charge in [0, 0.05) is 32.2 Å². The van der Waals surface area contributed by atoms with E-state index in [2.05, 4.69) is 20.9 Å². The molecular formula is C16H18F2N6O2. The Labute approximate surface area is 148 Å². The molecular weight excluding hydrogens is 346 g/mol. The Morgan fingerprint density at radius 3 is 2.54 bits per heavy atom. The first-order valence-electron chi connectivity index (χ1n) is 8.14. The average Bonchev–Trinajstić information content (AvgIpc) is 3.00. The predicted octanol–water partition coefficient (Wildman–Crippen LogP) is 1.07. The number of nitrogens with one attached hydrogen (secondary N) is 2. The molecule has 2 heterocycles. The van der Waals surface area contributed by atoms with Crippen LogP contribution in [-0.4, -0.2) is 51.5 Å². The lowest BCUT2D eigenvalue weighted by Crippen LogP contribution is -2.54. The minimum atomic E-state index is -0.707. The van der Waals surface area contributed by atoms with Gasteiger partial charge in [-0.05, 0) is 24.6 Å². The van der Waals surface area contributed by atoms with Crippen LogP contribution in [0.3, 0.4) is 0 Å². The van der Waals surface area contributed by atoms with Gasteiger partial charge >= 0.3 is 6.03 Å². The number of nitrogens with zero attached hydrogens (tertiary/aromatic N) is 4. The number of likely N-dealkylation sites (tertiary alicyclic amines) is 1. The first kappa shape index (κ1) is 17.8. The normalized spacial score (nSPS) is 14.0. The van der Waals surface area contributed by atoms with Crippen LogP contribution >= 0.6 is 0 Å². The molecule has 26 heavy (non-hydrogen) atoms. The van der Waals surface area contributed by atoms with Crippen molar-refractivity contribution in [3.63, 3.8) is 0 Å². The summed E-state index contributed by atoms with van der Waals surface area (Å²) in [6.07, 6.45) is 1.49. The van der Waals surface area contributed by atoms with Crippen molar-refractivity contribution in [2.24, 2.45) is 0 Å². The van der Waals surface area contributed by atoms with Gasteiger partial charge < -0.3 is 15.5 Å². The number of amides is 3. The van der Waals surface area contributed by atoms with Crippen molar-refractivity contribution in [1.29, 1.82) is 0 Å². The molecule has 0 bridgehead atoms. The van der Waals surface area contributed by atoms with Crippen molar-refractivity contribution in [3.8, 4) is 0 Å². The fourth-order valence-electron chi connectivity index (χ4n) is 2.60. The molecule has 0 aliphatic carbocycles. The topological polar surface area (TPSA) is 92.2 Å². The van der Waals surface area contributed by atoms with Crippen LogP contribution in [0.15, 0.2) is 24.4 Å². The Kier molecular flexibility index (Phi) is 5.10. The number of rotatable bonds is 5. The van der Waals surface area contributed by atoms with Crippen LogP contribution in [0.25, 0.3) is 0 Å². The van der Waals surface area contributed by atoms with Crippen molar-refractivity contribution in [1.82, 2.24) is 30.5 Å². The van der Waals surface area contributed by atoms with Gasteiger partial charge in [0.1, 0.15) is 11.6 Å². The zero-order valence-corrected chi connectivity index (χ0v) is 14.1. The summed E-state index contributed by atoms with van der Waals surface area (Å²) in [7, 11) is 0. The van der Waals surface area contributed by atoms with E-state index in [-0.39, 0.29) is 24.3 Å². The number of urea groups is 1. The second-order valence-corrected chi connectivity index (χ2v) is 5.94. The first-order valence-corrected chi connectivity index (χ1v) is 8.14. The Morgan fingerprint density at radius 1 is 1.19 bits per heavy atom. The summed E-state index contributed by atoms with van der Waals surface area (Å²) >= 11 is 0. The molecule has 1 aliphatic rings. The Bertz CT molecular complexity index is 799. The smallest absolute Gasteiger partial charge is 0.317 e. The summed E-state index contributed by atoms with van der Waals surface area (Å²) in [6, 6.07) is 2.88. The SMILES string of the molecule is CCNC(=O)N1CC(n2cc(C(=O)NCc3cc(F)cc(F)c3)nn2)C1. The van der Waals surface area contributed by atoms with Crippen LogP contribution in [-0.2, 0) is 6.54 Å². The highest BCUT2D eigenvalue weighted by molar-refractivity contribution is 5.91. The van der Waals surface area contributed by atoms with E-state index < -0.39 is 17.5 Å². The van der Waals surface area contributed by atoms with Gasteiger partial charge in [-0.2, -0.15) is 0 Å². The lowest BCUT2D eigenvalue weighted by molar-refractivity contribution is 0.0945. The van der Waals surface area contributed by atoms with Gasteiger partial charge in [0.05, 0.1) is 12.2 Å². The molecule has 2 aromatic rings. The lowest BCUT2D eigenvalue weighted by atomic mass is 10.1. The van der Waals surface area contributed by atoms with Crippen molar-refractivity contribution >= 4 is 11.9 Å². The molecule has 3 rings (SSSR count). The molecule has 3 amide bonds. The molecule has 1 aromatic heterocycles. The number of carbonyl (C=O) groups is 2. The molecule has 0 atom stereocenters. The summed E-state index contributed by atoms with van der Waals surface area (Å²) < 4.78 is 27.8. The van der Waals surface area contributed by atoms with E-state index in [0.717, 1.165) is 18.2 Å². The fourth-order valence-corrected chi connectivity index (χ4v) is 2.60. The highest BCUT2D eigenvalue weighted by Crippen LogP contribution is 2.20. The van der Waals surface area contributed by atoms with Crippen LogP contribution < -0.4 is 10.6 Å². The lowest BCUT2D eigenvalue weighted by Gasteiger charge is -2.38. The van der Waals surface area contributed by atoms with Crippen LogP contribution in [0.4, 0.5) is 13.6 Å². The van der Waals surface area contributed by atoms with E-state index in [1.54, 1.807) is 4.90 Å². The molecule has 0 saturated carbocycles. The van der Waals surface area contributed by atoms with Crippen LogP contribution in [0.2, 0.25) is 0 Å². The van der Waals surface area contributed by atoms with E-state index in [4.69, 9.17) is 0 Å². The van der Waals surface area contributed by atoms with Crippen molar-refractivity contribution in [2.75, 3.05) is 19.6 Å². The minimum Gasteiger partial charge on any atom is -0.347 e. The Hall–Kier alpha value is -3.04. The number of benzene rings is 1. The van der Waals surface area contributed by atoms with E-state index in [1.165, 1.54) is 10.9 Å². The third-order valence-electron chi connectivity index (χ3n) is 3.97. The number of hydrogen-bond acceptors (Lipinski definition) is 4. The van der Waals surface area contributed by atoms with Crippen LogP contribution in [0.1, 0.15) is 29.0 Å². The monoisotopic (exact) mass is 364 g/mol. The van der Waals surface area contributed by atoms with Gasteiger partial charge in [0.15, 0.2) is 5.69 Å². The highest BCUT2D eigenvalue weighted by Gasteiger charge is 2.32. The molecule has 0 radical (unpaired) electrons. The molecule has 2 N–H and O–H groups in total. The molecule has 1 fully saturated rings. The van der Waals surface area contributed by atoms with E-state index >= 15 is 0 Å². The maximum absolute atomic E-state index is 13.1. The van der Waals surface area contributed by atoms with Gasteiger partial charge in [-0.3, -0.25) is 4.79 Å². The van der Waals surface area contributed by atoms with E-state index in [9.17, 15) is 18.4 Å². The van der Waals surface area contributed by atoms with Crippen LogP contribution in [0, 0.1) is 11.6 Å². The molecule has 1 saturated heterocycles. The first-order chi connectivity index (χ1) is 12.5. The van der Waals surface area contributed by atoms with Gasteiger partial charge in [0.2, 0.25) is 0 Å². The average molecular weight is 364 g/mol. The van der Waals surface area contributed by atoms with Gasteiger partial charge in [0.25, 0.3) is 5.91 Å². The quantitative estimate of drug-likeness (QED) is 0.830. The second-order valence-electron chi connectivity index (χ2n) is 5.94. The van der Waals surface area contributed by atoms with Crippen molar-refractivity contribution in [3.05, 3.63) is 47.3 Å². The maximum Gasteiger partial charge on any atom is 0.317 e. The molecule has 138 valence electrons. The Balaban J connectivity index is 1.53. The zero-order chi connectivity index (χ0) is 18.7. The fraction of sp³-hybridized carbons (Fsp3) is 0.375. The zero-order valence-electron chi connectivity index (χ0n) is 14.1. The molecule has 0 unspecified atom stereocenters. The highest BCUT2D eigenvalue weighted by atomic mass is 19.1. The summed E-state index contributed by atoms with van der Waals surface area (Å²) in [5.41, 5.74) is 0.401. The van der Waals surface area contributed by atoms with Crippen LogP contribution in [0.5, 0.6) is 0 Å². The third-order valence-corrected chi connectivity index (χ3v) is 3.97. The molecule has 1 aliphatic heterocycles. The third kappa shape index (κ3) is 3.95. The maximum atomic E-state index is 13.1. The number of halogens is 2. The van der Waals surface area contributed by atoms with Gasteiger partial charge in [-0.1, -0.05) is 5.21 Å². The Morgan fingerprint density at radius 2 is 1.88 bits per heavy atom. The van der Waals surface area contributed by atoms with E-state index in [0.29, 0.717) is 25.2 Å². The summed E-state index contributed by atoms with van der Waals surface area (Å²) in [5.74, 6) is -1.91. The number of aromatic nitrogens is 3. The second kappa shape index (κ2) is 7.46. The molecule has 0 spiro atoms. The minimum absolute atomic E-state index is 0.0330. The van der Waals surface area contributed by atoms with Crippen molar-refractivity contribution in [2.45, 2.75) is 19.5 Å². The summed E-state index contributed by atoms with van der Waals surface area (Å²) in [6.45, 7) is 3.34. The van der Waals surface area contributed by atoms with Gasteiger partial charge in [-0.25, -0.2) is 18.3 Å². The standard InChI is InChI=1S/C16H18F2N6O2/c1-2-19-16(26)23-7-13(8-23)24-9-14(21-22-24)15(25)20-6-10-3-11(17)5-12(18)4-10/h3-5,9,13H,2,6-8H2,1H3,(H,19,26)(H,20,25). The van der Waals surface area contributed by atoms with E-state index in [1.807, 2.05) is 6.92 Å². The summed E-state index contributed by atoms with van der Waals surface area (Å²) in [4.78, 5) is 25.4. The molecule has 8 nitrogen and oxygen atoms in total. The van der Waals surface area contributed by atoms with Gasteiger partial charge in [-0.15, -0.1) is 5.10 Å².